The van der Waals surface area contributed by atoms with E-state index in [0.29, 0.717) is 12.8 Å². The lowest BCUT2D eigenvalue weighted by Crippen LogP contribution is -2.55. The average molecular weight is 898 g/mol. The van der Waals surface area contributed by atoms with E-state index < -0.39 is 18.1 Å². The van der Waals surface area contributed by atoms with Gasteiger partial charge in [0.2, 0.25) is 0 Å². The first-order valence-corrected chi connectivity index (χ1v) is 26.3. The summed E-state index contributed by atoms with van der Waals surface area (Å²) < 4.78 is 17.3. The van der Waals surface area contributed by atoms with Crippen molar-refractivity contribution in [3.8, 4) is 0 Å². The number of allylic oxidation sites excluding steroid dienone is 10. The van der Waals surface area contributed by atoms with Crippen LogP contribution in [0.3, 0.4) is 0 Å². The molecule has 0 fully saturated rings. The van der Waals surface area contributed by atoms with E-state index in [9.17, 15) is 19.5 Å². The number of likely N-dealkylation sites (N-methyl/N-ethyl adjacent to an activating group) is 1. The van der Waals surface area contributed by atoms with Crippen LogP contribution in [0.4, 0.5) is 0 Å². The Bertz CT molecular complexity index is 1230. The summed E-state index contributed by atoms with van der Waals surface area (Å²) >= 11 is 0. The Morgan fingerprint density at radius 3 is 1.31 bits per heavy atom. The Kier molecular flexibility index (Phi) is 44.4. The van der Waals surface area contributed by atoms with E-state index in [2.05, 4.69) is 74.6 Å². The van der Waals surface area contributed by atoms with Crippen molar-refractivity contribution in [1.29, 1.82) is 0 Å². The molecule has 8 nitrogen and oxygen atoms in total. The van der Waals surface area contributed by atoms with Gasteiger partial charge in [-0.05, 0) is 77.0 Å². The Labute approximate surface area is 394 Å². The van der Waals surface area contributed by atoms with E-state index in [4.69, 9.17) is 14.2 Å². The minimum Gasteiger partial charge on any atom is -0.544 e. The Hall–Kier alpha value is -2.97. The van der Waals surface area contributed by atoms with Gasteiger partial charge in [-0.1, -0.05) is 190 Å². The molecule has 0 aromatic heterocycles. The molecule has 0 aliphatic carbocycles. The average Bonchev–Trinajstić information content (AvgIpc) is 3.26. The fourth-order valence-electron chi connectivity index (χ4n) is 7.59. The van der Waals surface area contributed by atoms with E-state index in [1.807, 2.05) is 0 Å². The first-order chi connectivity index (χ1) is 31.1. The van der Waals surface area contributed by atoms with E-state index in [1.54, 1.807) is 21.1 Å². The Morgan fingerprint density at radius 1 is 0.484 bits per heavy atom. The van der Waals surface area contributed by atoms with Crippen molar-refractivity contribution in [2.45, 2.75) is 238 Å². The molecule has 0 aliphatic rings. The van der Waals surface area contributed by atoms with Crippen LogP contribution in [0.1, 0.15) is 226 Å². The Morgan fingerprint density at radius 2 is 0.875 bits per heavy atom. The van der Waals surface area contributed by atoms with Crippen LogP contribution in [0.15, 0.2) is 60.8 Å². The molecule has 64 heavy (non-hydrogen) atoms. The molecule has 0 saturated heterocycles. The normalized spacial score (nSPS) is 13.3. The molecule has 0 rings (SSSR count). The fraction of sp³-hybridized carbons (Fsp3) is 0.768. The number of aliphatic carboxylic acids is 1. The second-order valence-electron chi connectivity index (χ2n) is 18.7. The highest BCUT2D eigenvalue weighted by Gasteiger charge is 2.25. The van der Waals surface area contributed by atoms with Crippen LogP contribution in [-0.4, -0.2) is 75.5 Å². The summed E-state index contributed by atoms with van der Waals surface area (Å²) in [4.78, 5) is 37.1. The molecule has 8 heteroatoms. The summed E-state index contributed by atoms with van der Waals surface area (Å²) in [5.41, 5.74) is 0. The van der Waals surface area contributed by atoms with Crippen LogP contribution >= 0.6 is 0 Å². The van der Waals surface area contributed by atoms with Crippen molar-refractivity contribution in [3.05, 3.63) is 60.8 Å². The number of hydrogen-bond acceptors (Lipinski definition) is 7. The van der Waals surface area contributed by atoms with E-state index >= 15 is 0 Å². The monoisotopic (exact) mass is 898 g/mol. The lowest BCUT2D eigenvalue weighted by molar-refractivity contribution is -0.889. The highest BCUT2D eigenvalue weighted by molar-refractivity contribution is 5.70. The first-order valence-electron chi connectivity index (χ1n) is 26.3. The van der Waals surface area contributed by atoms with Crippen molar-refractivity contribution < 1.29 is 38.2 Å². The molecule has 0 aromatic carbocycles. The number of ether oxygens (including phenoxy) is 3. The Balaban J connectivity index is 4.23. The minimum atomic E-state index is -1.13. The zero-order valence-electron chi connectivity index (χ0n) is 42.2. The highest BCUT2D eigenvalue weighted by atomic mass is 16.6. The summed E-state index contributed by atoms with van der Waals surface area (Å²) in [7, 11) is 5.41. The van der Waals surface area contributed by atoms with Gasteiger partial charge in [0.25, 0.3) is 0 Å². The lowest BCUT2D eigenvalue weighted by Gasteiger charge is -2.34. The quantitative estimate of drug-likeness (QED) is 0.0259. The van der Waals surface area contributed by atoms with Gasteiger partial charge in [-0.2, -0.15) is 0 Å². The smallest absolute Gasteiger partial charge is 0.306 e. The highest BCUT2D eigenvalue weighted by Crippen LogP contribution is 2.15. The van der Waals surface area contributed by atoms with Gasteiger partial charge in [-0.15, -0.1) is 0 Å². The first kappa shape index (κ1) is 61.0. The molecule has 0 aromatic rings. The maximum absolute atomic E-state index is 12.8. The van der Waals surface area contributed by atoms with Gasteiger partial charge >= 0.3 is 11.9 Å². The van der Waals surface area contributed by atoms with Gasteiger partial charge in [0.1, 0.15) is 12.6 Å². The zero-order valence-corrected chi connectivity index (χ0v) is 42.2. The van der Waals surface area contributed by atoms with Crippen molar-refractivity contribution in [2.24, 2.45) is 0 Å². The molecule has 2 unspecified atom stereocenters. The van der Waals surface area contributed by atoms with Gasteiger partial charge in [0.05, 0.1) is 40.3 Å². The molecule has 0 amide bonds. The number of quaternary nitrogens is 1. The maximum atomic E-state index is 12.8. The lowest BCUT2D eigenvalue weighted by atomic mass is 10.0. The number of nitrogens with zero attached hydrogens (tertiary/aromatic N) is 1. The van der Waals surface area contributed by atoms with Crippen LogP contribution < -0.4 is 5.11 Å². The predicted octanol–water partition coefficient (Wildman–Crippen LogP) is 14.0. The van der Waals surface area contributed by atoms with Crippen LogP contribution in [0.5, 0.6) is 0 Å². The number of hydrogen-bond donors (Lipinski definition) is 0. The second-order valence-corrected chi connectivity index (χ2v) is 18.7. The van der Waals surface area contributed by atoms with Crippen molar-refractivity contribution in [2.75, 3.05) is 41.0 Å². The topological polar surface area (TPSA) is 102 Å². The molecule has 0 radical (unpaired) electrons. The van der Waals surface area contributed by atoms with E-state index in [1.165, 1.54) is 128 Å². The molecule has 0 heterocycles. The van der Waals surface area contributed by atoms with Crippen LogP contribution in [-0.2, 0) is 28.6 Å². The number of unbranched alkanes of at least 4 members (excludes halogenated alkanes) is 23. The minimum absolute atomic E-state index is 0.0370. The predicted molar refractivity (Wildman–Crippen MR) is 268 cm³/mol. The number of esters is 2. The SMILES string of the molecule is CC/C=C/C/C=C/C/C=C/C/C=C/CCCCCCCCCCCCC(=O)OC(COCCC(C(=O)[O-])[N+](C)(C)C)COC(=O)CCCCCCCCC/C=C/CCCCCCCC. The third kappa shape index (κ3) is 44.2. The molecular formula is C56H99NO7. The largest absolute Gasteiger partial charge is 0.544 e. The fourth-order valence-corrected chi connectivity index (χ4v) is 7.59. The van der Waals surface area contributed by atoms with Crippen molar-refractivity contribution >= 4 is 17.9 Å². The van der Waals surface area contributed by atoms with Gasteiger partial charge in [0, 0.05) is 19.3 Å². The van der Waals surface area contributed by atoms with Crippen molar-refractivity contribution in [1.82, 2.24) is 0 Å². The molecule has 370 valence electrons. The van der Waals surface area contributed by atoms with Crippen molar-refractivity contribution in [3.63, 3.8) is 0 Å². The van der Waals surface area contributed by atoms with Crippen LogP contribution in [0, 0.1) is 0 Å². The molecule has 2 atom stereocenters. The molecule has 0 aliphatic heterocycles. The van der Waals surface area contributed by atoms with Gasteiger partial charge in [-0.25, -0.2) is 0 Å². The standard InChI is InChI=1S/C56H99NO7/c1-6-8-10-12-14-16-18-20-22-24-25-26-27-28-29-31-33-35-37-39-41-43-45-47-55(59)64-52(50-62-49-48-53(56(60)61)57(3,4)5)51-63-54(58)46-44-42-40-38-36-34-32-30-23-21-19-17-15-13-11-9-7-2/h8,10,14,16,20-23,25-26,52-53H,6-7,9,11-13,15,17-19,24,27-51H2,1-5H3/b10-8+,16-14+,22-20+,23-21+,26-25+. The second kappa shape index (κ2) is 46.6. The third-order valence-corrected chi connectivity index (χ3v) is 11.6. The molecular weight excluding hydrogens is 799 g/mol. The van der Waals surface area contributed by atoms with Crippen LogP contribution in [0.2, 0.25) is 0 Å². The maximum Gasteiger partial charge on any atom is 0.306 e. The van der Waals surface area contributed by atoms with Gasteiger partial charge in [0.15, 0.2) is 6.10 Å². The summed E-state index contributed by atoms with van der Waals surface area (Å²) in [6.07, 6.45) is 58.2. The molecule has 0 spiro atoms. The molecule has 0 bridgehead atoms. The number of carbonyl (C=O) groups is 3. The number of carbonyl (C=O) groups excluding carboxylic acids is 3. The van der Waals surface area contributed by atoms with Gasteiger partial charge < -0.3 is 28.6 Å². The summed E-state index contributed by atoms with van der Waals surface area (Å²) in [5, 5.41) is 11.7. The summed E-state index contributed by atoms with van der Waals surface area (Å²) in [5.74, 6) is -1.74. The van der Waals surface area contributed by atoms with E-state index in [-0.39, 0.29) is 42.7 Å². The summed E-state index contributed by atoms with van der Waals surface area (Å²) in [6.45, 7) is 4.56. The zero-order chi connectivity index (χ0) is 47.0. The molecule has 0 N–H and O–H groups in total. The number of carboxylic acid groups (broad SMARTS) is 1. The number of rotatable bonds is 47. The third-order valence-electron chi connectivity index (χ3n) is 11.6. The number of carboxylic acids is 1. The van der Waals surface area contributed by atoms with E-state index in [0.717, 1.165) is 64.2 Å². The molecule has 0 saturated carbocycles. The summed E-state index contributed by atoms with van der Waals surface area (Å²) in [6, 6.07) is -0.729. The van der Waals surface area contributed by atoms with Gasteiger partial charge in [-0.3, -0.25) is 9.59 Å². The van der Waals surface area contributed by atoms with Crippen LogP contribution in [0.25, 0.3) is 0 Å².